The number of aromatic nitrogens is 3. The van der Waals surface area contributed by atoms with E-state index in [-0.39, 0.29) is 5.76 Å². The summed E-state index contributed by atoms with van der Waals surface area (Å²) in [5.41, 5.74) is 1.41. The summed E-state index contributed by atoms with van der Waals surface area (Å²) in [6.45, 7) is 0.505. The molecule has 9 heteroatoms. The third-order valence-corrected chi connectivity index (χ3v) is 4.30. The highest BCUT2D eigenvalue weighted by molar-refractivity contribution is 7.18. The van der Waals surface area contributed by atoms with Crippen LogP contribution < -0.4 is 5.32 Å². The zero-order chi connectivity index (χ0) is 16.9. The van der Waals surface area contributed by atoms with E-state index in [2.05, 4.69) is 20.7 Å². The van der Waals surface area contributed by atoms with Crippen LogP contribution in [0.5, 0.6) is 0 Å². The standard InChI is InChI=1S/C15H13ClN4O3S/c1-22-7-6-9-8-12(23-20-9)13(21)17-15-19-18-14(24-15)10-4-2-3-5-11(10)16/h2-5,8H,6-7H2,1H3,(H,17,19,21). The van der Waals surface area contributed by atoms with Crippen molar-refractivity contribution in [1.82, 2.24) is 15.4 Å². The number of methoxy groups -OCH3 is 1. The Morgan fingerprint density at radius 3 is 3.00 bits per heavy atom. The third kappa shape index (κ3) is 3.78. The minimum Gasteiger partial charge on any atom is -0.384 e. The number of halogens is 1. The van der Waals surface area contributed by atoms with Crippen LogP contribution in [0.1, 0.15) is 16.2 Å². The Labute approximate surface area is 146 Å². The van der Waals surface area contributed by atoms with E-state index in [1.165, 1.54) is 11.3 Å². The lowest BCUT2D eigenvalue weighted by Crippen LogP contribution is -2.10. The van der Waals surface area contributed by atoms with Crippen LogP contribution in [0, 0.1) is 0 Å². The highest BCUT2D eigenvalue weighted by Crippen LogP contribution is 2.31. The second-order valence-corrected chi connectivity index (χ2v) is 6.16. The summed E-state index contributed by atoms with van der Waals surface area (Å²) >= 11 is 7.36. The molecule has 124 valence electrons. The number of ether oxygens (including phenoxy) is 1. The van der Waals surface area contributed by atoms with Crippen molar-refractivity contribution in [2.75, 3.05) is 19.0 Å². The molecule has 0 saturated carbocycles. The number of rotatable bonds is 6. The monoisotopic (exact) mass is 364 g/mol. The van der Waals surface area contributed by atoms with Crippen LogP contribution >= 0.6 is 22.9 Å². The molecule has 0 aliphatic heterocycles. The molecular formula is C15H13ClN4O3S. The second-order valence-electron chi connectivity index (χ2n) is 4.77. The maximum Gasteiger partial charge on any atom is 0.296 e. The van der Waals surface area contributed by atoms with Gasteiger partial charge in [-0.05, 0) is 6.07 Å². The minimum absolute atomic E-state index is 0.107. The first-order valence-electron chi connectivity index (χ1n) is 7.01. The maximum absolute atomic E-state index is 12.2. The highest BCUT2D eigenvalue weighted by atomic mass is 35.5. The van der Waals surface area contributed by atoms with Crippen LogP contribution in [0.4, 0.5) is 5.13 Å². The van der Waals surface area contributed by atoms with Crippen LogP contribution in [0.25, 0.3) is 10.6 Å². The van der Waals surface area contributed by atoms with Crippen molar-refractivity contribution in [3.8, 4) is 10.6 Å². The molecule has 3 rings (SSSR count). The topological polar surface area (TPSA) is 90.1 Å². The fourth-order valence-electron chi connectivity index (χ4n) is 1.92. The molecule has 0 fully saturated rings. The molecule has 2 heterocycles. The van der Waals surface area contributed by atoms with E-state index in [0.29, 0.717) is 33.9 Å². The fraction of sp³-hybridized carbons (Fsp3) is 0.200. The van der Waals surface area contributed by atoms with Gasteiger partial charge in [-0.1, -0.05) is 46.3 Å². The van der Waals surface area contributed by atoms with Gasteiger partial charge in [0.05, 0.1) is 17.3 Å². The largest absolute Gasteiger partial charge is 0.384 e. The Balaban J connectivity index is 1.69. The van der Waals surface area contributed by atoms with Gasteiger partial charge in [0.25, 0.3) is 5.91 Å². The van der Waals surface area contributed by atoms with Crippen LogP contribution in [0.2, 0.25) is 5.02 Å². The number of hydrogen-bond donors (Lipinski definition) is 1. The van der Waals surface area contributed by atoms with Crippen molar-refractivity contribution in [1.29, 1.82) is 0 Å². The first-order chi connectivity index (χ1) is 11.7. The van der Waals surface area contributed by atoms with Crippen molar-refractivity contribution >= 4 is 34.0 Å². The van der Waals surface area contributed by atoms with E-state index < -0.39 is 5.91 Å². The van der Waals surface area contributed by atoms with Crippen LogP contribution in [-0.4, -0.2) is 35.0 Å². The number of benzene rings is 1. The third-order valence-electron chi connectivity index (χ3n) is 3.09. The lowest BCUT2D eigenvalue weighted by atomic mass is 10.2. The minimum atomic E-state index is -0.437. The summed E-state index contributed by atoms with van der Waals surface area (Å²) in [5, 5.41) is 16.0. The molecule has 1 amide bonds. The van der Waals surface area contributed by atoms with Crippen molar-refractivity contribution < 1.29 is 14.1 Å². The number of nitrogens with zero attached hydrogens (tertiary/aromatic N) is 3. The number of anilines is 1. The number of amides is 1. The van der Waals surface area contributed by atoms with Crippen molar-refractivity contribution in [3.63, 3.8) is 0 Å². The summed E-state index contributed by atoms with van der Waals surface area (Å²) in [7, 11) is 1.60. The number of carbonyl (C=O) groups is 1. The van der Waals surface area contributed by atoms with Crippen molar-refractivity contribution in [2.45, 2.75) is 6.42 Å². The molecule has 0 atom stereocenters. The molecule has 3 aromatic rings. The number of carbonyl (C=O) groups excluding carboxylic acids is 1. The van der Waals surface area contributed by atoms with Gasteiger partial charge < -0.3 is 9.26 Å². The Bertz CT molecular complexity index is 849. The zero-order valence-electron chi connectivity index (χ0n) is 12.7. The second kappa shape index (κ2) is 7.52. The molecule has 0 saturated heterocycles. The summed E-state index contributed by atoms with van der Waals surface area (Å²) in [4.78, 5) is 12.2. The van der Waals surface area contributed by atoms with E-state index in [1.807, 2.05) is 18.2 Å². The van der Waals surface area contributed by atoms with Gasteiger partial charge in [-0.15, -0.1) is 10.2 Å². The van der Waals surface area contributed by atoms with E-state index in [1.54, 1.807) is 19.2 Å². The Kier molecular flexibility index (Phi) is 5.19. The van der Waals surface area contributed by atoms with Gasteiger partial charge in [0, 0.05) is 25.2 Å². The van der Waals surface area contributed by atoms with E-state index in [4.69, 9.17) is 20.9 Å². The van der Waals surface area contributed by atoms with Gasteiger partial charge in [0.15, 0.2) is 5.01 Å². The highest BCUT2D eigenvalue weighted by Gasteiger charge is 2.16. The van der Waals surface area contributed by atoms with E-state index in [9.17, 15) is 4.79 Å². The van der Waals surface area contributed by atoms with Gasteiger partial charge in [0.1, 0.15) is 0 Å². The smallest absolute Gasteiger partial charge is 0.296 e. The summed E-state index contributed by atoms with van der Waals surface area (Å²) < 4.78 is 9.98. The average molecular weight is 365 g/mol. The maximum atomic E-state index is 12.2. The van der Waals surface area contributed by atoms with E-state index >= 15 is 0 Å². The van der Waals surface area contributed by atoms with Gasteiger partial charge in [-0.3, -0.25) is 10.1 Å². The van der Waals surface area contributed by atoms with Crippen LogP contribution in [0.3, 0.4) is 0 Å². The van der Waals surface area contributed by atoms with Crippen LogP contribution in [-0.2, 0) is 11.2 Å². The summed E-state index contributed by atoms with van der Waals surface area (Å²) in [5.74, 6) is -0.330. The van der Waals surface area contributed by atoms with Gasteiger partial charge in [0.2, 0.25) is 10.9 Å². The number of nitrogens with one attached hydrogen (secondary N) is 1. The van der Waals surface area contributed by atoms with Crippen molar-refractivity contribution in [3.05, 3.63) is 46.8 Å². The van der Waals surface area contributed by atoms with E-state index in [0.717, 1.165) is 5.56 Å². The lowest BCUT2D eigenvalue weighted by Gasteiger charge is -1.97. The lowest BCUT2D eigenvalue weighted by molar-refractivity contribution is 0.0987. The molecule has 0 bridgehead atoms. The molecule has 0 unspecified atom stereocenters. The summed E-state index contributed by atoms with van der Waals surface area (Å²) in [6, 6.07) is 8.88. The normalized spacial score (nSPS) is 10.8. The molecular weight excluding hydrogens is 352 g/mol. The SMILES string of the molecule is COCCc1cc(C(=O)Nc2nnc(-c3ccccc3Cl)s2)on1. The molecule has 0 spiro atoms. The van der Waals surface area contributed by atoms with Crippen molar-refractivity contribution in [2.24, 2.45) is 0 Å². The Morgan fingerprint density at radius 1 is 1.38 bits per heavy atom. The molecule has 0 aliphatic carbocycles. The van der Waals surface area contributed by atoms with Crippen LogP contribution in [0.15, 0.2) is 34.9 Å². The van der Waals surface area contributed by atoms with Gasteiger partial charge in [-0.2, -0.15) is 0 Å². The fourth-order valence-corrected chi connectivity index (χ4v) is 2.98. The molecule has 2 aromatic heterocycles. The first kappa shape index (κ1) is 16.6. The molecule has 0 radical (unpaired) electrons. The quantitative estimate of drug-likeness (QED) is 0.721. The molecule has 1 N–H and O–H groups in total. The predicted molar refractivity (Wildman–Crippen MR) is 90.4 cm³/mol. The van der Waals surface area contributed by atoms with Gasteiger partial charge in [-0.25, -0.2) is 0 Å². The van der Waals surface area contributed by atoms with Gasteiger partial charge >= 0.3 is 0 Å². The predicted octanol–water partition coefficient (Wildman–Crippen LogP) is 3.29. The summed E-state index contributed by atoms with van der Waals surface area (Å²) in [6.07, 6.45) is 0.572. The molecule has 7 nitrogen and oxygen atoms in total. The molecule has 24 heavy (non-hydrogen) atoms. The Morgan fingerprint density at radius 2 is 2.21 bits per heavy atom. The number of hydrogen-bond acceptors (Lipinski definition) is 7. The molecule has 1 aromatic carbocycles. The first-order valence-corrected chi connectivity index (χ1v) is 8.21. The Hall–Kier alpha value is -2.29. The zero-order valence-corrected chi connectivity index (χ0v) is 14.2. The average Bonchev–Trinajstić information content (AvgIpc) is 3.23. The molecule has 0 aliphatic rings.